The molecule has 1 amide bonds. The average molecular weight is 293 g/mol. The number of fused-ring (bicyclic) bond motifs is 1. The molecule has 0 aliphatic carbocycles. The van der Waals surface area contributed by atoms with Gasteiger partial charge in [0.15, 0.2) is 18.1 Å². The van der Waals surface area contributed by atoms with Crippen LogP contribution in [0.5, 0.6) is 11.5 Å². The lowest BCUT2D eigenvalue weighted by molar-refractivity contribution is -0.157. The van der Waals surface area contributed by atoms with E-state index in [9.17, 15) is 9.59 Å². The maximum absolute atomic E-state index is 11.9. The van der Waals surface area contributed by atoms with E-state index in [0.717, 1.165) is 6.42 Å². The average Bonchev–Trinajstić information content (AvgIpc) is 2.51. The minimum absolute atomic E-state index is 0.0531. The number of ether oxygens (including phenoxy) is 3. The second-order valence-electron chi connectivity index (χ2n) is 4.85. The van der Waals surface area contributed by atoms with Gasteiger partial charge in [-0.25, -0.2) is 4.79 Å². The first-order valence-electron chi connectivity index (χ1n) is 6.94. The smallest absolute Gasteiger partial charge is 0.351 e. The van der Waals surface area contributed by atoms with E-state index in [2.05, 4.69) is 5.32 Å². The van der Waals surface area contributed by atoms with Gasteiger partial charge in [0.1, 0.15) is 6.61 Å². The molecule has 114 valence electrons. The van der Waals surface area contributed by atoms with Crippen LogP contribution < -0.4 is 14.8 Å². The third kappa shape index (κ3) is 4.11. The summed E-state index contributed by atoms with van der Waals surface area (Å²) in [5.41, 5.74) is 0. The second-order valence-corrected chi connectivity index (χ2v) is 4.85. The van der Waals surface area contributed by atoms with E-state index in [1.165, 1.54) is 0 Å². The molecular weight excluding hydrogens is 274 g/mol. The monoisotopic (exact) mass is 293 g/mol. The maximum atomic E-state index is 11.9. The van der Waals surface area contributed by atoms with Crippen LogP contribution in [0.2, 0.25) is 0 Å². The van der Waals surface area contributed by atoms with Gasteiger partial charge in [-0.05, 0) is 25.5 Å². The third-order valence-corrected chi connectivity index (χ3v) is 3.14. The molecule has 1 aromatic rings. The van der Waals surface area contributed by atoms with Gasteiger partial charge in [-0.15, -0.1) is 0 Å². The van der Waals surface area contributed by atoms with Gasteiger partial charge in [0.2, 0.25) is 6.10 Å². The van der Waals surface area contributed by atoms with Crippen LogP contribution in [-0.2, 0) is 14.3 Å². The molecule has 0 aromatic heterocycles. The highest BCUT2D eigenvalue weighted by molar-refractivity contribution is 5.82. The Morgan fingerprint density at radius 3 is 2.81 bits per heavy atom. The molecule has 0 saturated heterocycles. The highest BCUT2D eigenvalue weighted by Gasteiger charge is 2.29. The van der Waals surface area contributed by atoms with E-state index in [1.54, 1.807) is 18.2 Å². The number of carbonyl (C=O) groups excluding carboxylic acids is 2. The van der Waals surface area contributed by atoms with Crippen molar-refractivity contribution in [2.75, 3.05) is 13.2 Å². The summed E-state index contributed by atoms with van der Waals surface area (Å²) in [4.78, 5) is 23.4. The molecule has 1 aliphatic heterocycles. The lowest BCUT2D eigenvalue weighted by Crippen LogP contribution is -2.40. The fraction of sp³-hybridized carbons (Fsp3) is 0.467. The predicted molar refractivity (Wildman–Crippen MR) is 75.2 cm³/mol. The van der Waals surface area contributed by atoms with Crippen molar-refractivity contribution in [3.8, 4) is 11.5 Å². The summed E-state index contributed by atoms with van der Waals surface area (Å²) in [6.45, 7) is 3.60. The first-order valence-corrected chi connectivity index (χ1v) is 6.94. The first kappa shape index (κ1) is 15.2. The van der Waals surface area contributed by atoms with E-state index in [0.29, 0.717) is 11.5 Å². The molecule has 0 unspecified atom stereocenters. The third-order valence-electron chi connectivity index (χ3n) is 3.14. The van der Waals surface area contributed by atoms with E-state index in [-0.39, 0.29) is 25.2 Å². The van der Waals surface area contributed by atoms with E-state index in [4.69, 9.17) is 14.2 Å². The molecule has 0 saturated carbocycles. The molecule has 1 N–H and O–H groups in total. The molecule has 1 heterocycles. The Hall–Kier alpha value is -2.24. The van der Waals surface area contributed by atoms with Crippen molar-refractivity contribution in [2.45, 2.75) is 32.4 Å². The van der Waals surface area contributed by atoms with Crippen LogP contribution in [0, 0.1) is 0 Å². The fourth-order valence-electron chi connectivity index (χ4n) is 1.78. The van der Waals surface area contributed by atoms with Crippen LogP contribution in [0.25, 0.3) is 0 Å². The molecule has 1 aromatic carbocycles. The Kier molecular flexibility index (Phi) is 5.03. The zero-order chi connectivity index (χ0) is 15.2. The summed E-state index contributed by atoms with van der Waals surface area (Å²) >= 11 is 0. The number of hydrogen-bond donors (Lipinski definition) is 1. The summed E-state index contributed by atoms with van der Waals surface area (Å²) in [5.74, 6) is 0.157. The predicted octanol–water partition coefficient (Wildman–Crippen LogP) is 1.28. The van der Waals surface area contributed by atoms with Gasteiger partial charge in [0, 0.05) is 6.04 Å². The van der Waals surface area contributed by atoms with Gasteiger partial charge in [-0.3, -0.25) is 4.79 Å². The molecule has 0 fully saturated rings. The second kappa shape index (κ2) is 6.97. The summed E-state index contributed by atoms with van der Waals surface area (Å²) in [6, 6.07) is 7.13. The number of para-hydroxylation sites is 2. The van der Waals surface area contributed by atoms with Crippen molar-refractivity contribution in [1.82, 2.24) is 5.32 Å². The van der Waals surface area contributed by atoms with E-state index in [1.807, 2.05) is 19.9 Å². The zero-order valence-corrected chi connectivity index (χ0v) is 12.1. The van der Waals surface area contributed by atoms with Gasteiger partial charge in [-0.2, -0.15) is 0 Å². The lowest BCUT2D eigenvalue weighted by atomic mass is 10.2. The van der Waals surface area contributed by atoms with Gasteiger partial charge in [-0.1, -0.05) is 19.1 Å². The van der Waals surface area contributed by atoms with Crippen molar-refractivity contribution in [1.29, 1.82) is 0 Å². The number of hydrogen-bond acceptors (Lipinski definition) is 5. The van der Waals surface area contributed by atoms with Crippen LogP contribution in [-0.4, -0.2) is 37.2 Å². The fourth-order valence-corrected chi connectivity index (χ4v) is 1.78. The number of esters is 1. The topological polar surface area (TPSA) is 73.9 Å². The van der Waals surface area contributed by atoms with Crippen LogP contribution in [0.4, 0.5) is 0 Å². The van der Waals surface area contributed by atoms with E-state index < -0.39 is 12.1 Å². The lowest BCUT2D eigenvalue weighted by Gasteiger charge is -2.24. The highest BCUT2D eigenvalue weighted by Crippen LogP contribution is 2.31. The van der Waals surface area contributed by atoms with E-state index >= 15 is 0 Å². The minimum Gasteiger partial charge on any atom is -0.485 e. The van der Waals surface area contributed by atoms with Crippen LogP contribution in [0.1, 0.15) is 20.3 Å². The summed E-state index contributed by atoms with van der Waals surface area (Å²) in [5, 5.41) is 2.72. The summed E-state index contributed by atoms with van der Waals surface area (Å²) in [7, 11) is 0. The molecule has 1 aliphatic rings. The number of amides is 1. The number of nitrogens with one attached hydrogen (secondary N) is 1. The normalized spacial score (nSPS) is 17.7. The minimum atomic E-state index is -0.851. The van der Waals surface area contributed by atoms with Gasteiger partial charge >= 0.3 is 5.97 Å². The van der Waals surface area contributed by atoms with Crippen LogP contribution >= 0.6 is 0 Å². The Balaban J connectivity index is 1.81. The molecule has 6 nitrogen and oxygen atoms in total. The summed E-state index contributed by atoms with van der Waals surface area (Å²) < 4.78 is 15.9. The Morgan fingerprint density at radius 2 is 2.10 bits per heavy atom. The highest BCUT2D eigenvalue weighted by atomic mass is 16.6. The zero-order valence-electron chi connectivity index (χ0n) is 12.1. The molecule has 2 atom stereocenters. The molecule has 6 heteroatoms. The largest absolute Gasteiger partial charge is 0.485 e. The molecule has 0 bridgehead atoms. The van der Waals surface area contributed by atoms with Gasteiger partial charge < -0.3 is 19.5 Å². The number of rotatable bonds is 5. The molecule has 2 rings (SSSR count). The number of benzene rings is 1. The Morgan fingerprint density at radius 1 is 1.38 bits per heavy atom. The standard InChI is InChI=1S/C15H19NO5/c1-3-10(2)16-14(17)9-20-15(18)13-8-19-11-6-4-5-7-12(11)21-13/h4-7,10,13H,3,8-9H2,1-2H3,(H,16,17)/t10-,13+/m0/s1. The molecule has 0 spiro atoms. The van der Waals surface area contributed by atoms with Crippen molar-refractivity contribution in [3.63, 3.8) is 0 Å². The van der Waals surface area contributed by atoms with Crippen molar-refractivity contribution < 1.29 is 23.8 Å². The molecule has 0 radical (unpaired) electrons. The molecule has 21 heavy (non-hydrogen) atoms. The molecular formula is C15H19NO5. The quantitative estimate of drug-likeness (QED) is 0.828. The van der Waals surface area contributed by atoms with Crippen LogP contribution in [0.3, 0.4) is 0 Å². The van der Waals surface area contributed by atoms with Crippen molar-refractivity contribution >= 4 is 11.9 Å². The van der Waals surface area contributed by atoms with Crippen LogP contribution in [0.15, 0.2) is 24.3 Å². The summed E-state index contributed by atoms with van der Waals surface area (Å²) in [6.07, 6.45) is -0.0351. The van der Waals surface area contributed by atoms with Gasteiger partial charge in [0.25, 0.3) is 5.91 Å². The van der Waals surface area contributed by atoms with Crippen molar-refractivity contribution in [3.05, 3.63) is 24.3 Å². The first-order chi connectivity index (χ1) is 10.1. The van der Waals surface area contributed by atoms with Crippen molar-refractivity contribution in [2.24, 2.45) is 0 Å². The number of carbonyl (C=O) groups is 2. The Bertz CT molecular complexity index is 517. The maximum Gasteiger partial charge on any atom is 0.351 e. The SMILES string of the molecule is CC[C@H](C)NC(=O)COC(=O)[C@H]1COc2ccccc2O1. The Labute approximate surface area is 123 Å². The van der Waals surface area contributed by atoms with Gasteiger partial charge in [0.05, 0.1) is 0 Å².